The maximum atomic E-state index is 14.5. The van der Waals surface area contributed by atoms with Crippen LogP contribution in [0.15, 0.2) is 103 Å². The third-order valence-electron chi connectivity index (χ3n) is 6.65. The van der Waals surface area contributed by atoms with Gasteiger partial charge >= 0.3 is 29.7 Å². The highest BCUT2D eigenvalue weighted by molar-refractivity contribution is 6.14. The van der Waals surface area contributed by atoms with Crippen molar-refractivity contribution >= 4 is 29.6 Å². The fourth-order valence-electron chi connectivity index (χ4n) is 4.47. The number of ether oxygens (including phenoxy) is 4. The number of carbonyl (C=O) groups is 5. The fourth-order valence-corrected chi connectivity index (χ4v) is 4.47. The summed E-state index contributed by atoms with van der Waals surface area (Å²) in [7, 11) is 0. The monoisotopic (exact) mass is 591 g/mol. The highest BCUT2D eigenvalue weighted by atomic mass is 19.3. The van der Waals surface area contributed by atoms with Crippen LogP contribution in [0.4, 0.5) is 8.78 Å². The molecule has 0 N–H and O–H groups in total. The average Bonchev–Trinajstić information content (AvgIpc) is 3.36. The predicted octanol–water partition coefficient (Wildman–Crippen LogP) is 3.58. The third kappa shape index (κ3) is 6.19. The third-order valence-corrected chi connectivity index (χ3v) is 6.65. The number of alkyl halides is 2. The zero-order chi connectivity index (χ0) is 30.6. The highest BCUT2D eigenvalue weighted by Gasteiger charge is 2.58. The van der Waals surface area contributed by atoms with E-state index in [0.29, 0.717) is 11.0 Å². The molecular weight excluding hydrogens is 568 g/mol. The number of benzene rings is 3. The van der Waals surface area contributed by atoms with Crippen LogP contribution in [-0.2, 0) is 28.5 Å². The van der Waals surface area contributed by atoms with Crippen molar-refractivity contribution in [1.82, 2.24) is 4.90 Å². The largest absolute Gasteiger partial charge is 0.459 e. The van der Waals surface area contributed by atoms with Crippen molar-refractivity contribution in [2.75, 3.05) is 6.61 Å². The van der Waals surface area contributed by atoms with Gasteiger partial charge in [0.15, 0.2) is 18.4 Å². The van der Waals surface area contributed by atoms with Crippen LogP contribution >= 0.6 is 0 Å². The summed E-state index contributed by atoms with van der Waals surface area (Å²) in [5.41, 5.74) is 0.355. The Hall–Kier alpha value is -5.23. The predicted molar refractivity (Wildman–Crippen MR) is 143 cm³/mol. The van der Waals surface area contributed by atoms with Gasteiger partial charge in [0.2, 0.25) is 5.78 Å². The molecule has 0 saturated carbocycles. The lowest BCUT2D eigenvalue weighted by atomic mass is 10.1. The molecule has 0 spiro atoms. The van der Waals surface area contributed by atoms with Crippen molar-refractivity contribution < 1.29 is 51.7 Å². The first-order valence-corrected chi connectivity index (χ1v) is 13.0. The summed E-state index contributed by atoms with van der Waals surface area (Å²) in [5, 5.41) is 0. The lowest BCUT2D eigenvalue weighted by Crippen LogP contribution is -2.56. The van der Waals surface area contributed by atoms with E-state index in [1.807, 2.05) is 0 Å². The molecule has 2 heterocycles. The van der Waals surface area contributed by atoms with Gasteiger partial charge in [-0.1, -0.05) is 54.6 Å². The van der Waals surface area contributed by atoms with Gasteiger partial charge < -0.3 is 18.9 Å². The van der Waals surface area contributed by atoms with Crippen molar-refractivity contribution in [3.05, 3.63) is 120 Å². The SMILES string of the molecule is O=C(OC[C@H]1O[C@@H](N2C=CC(=O)C(F)(F)C2=O)[C@H](OC(=O)c2ccccc2)[C@@H]1OC(=O)c1ccccc1)c1ccccc1. The van der Waals surface area contributed by atoms with Crippen LogP contribution < -0.4 is 0 Å². The zero-order valence-electron chi connectivity index (χ0n) is 22.2. The number of nitrogens with zero attached hydrogens (tertiary/aromatic N) is 1. The Balaban J connectivity index is 1.50. The first kappa shape index (κ1) is 29.3. The van der Waals surface area contributed by atoms with Crippen LogP contribution in [-0.4, -0.2) is 71.6 Å². The second kappa shape index (κ2) is 12.3. The molecule has 4 atom stereocenters. The number of rotatable bonds is 8. The molecule has 1 fully saturated rings. The van der Waals surface area contributed by atoms with E-state index in [0.717, 1.165) is 6.20 Å². The Morgan fingerprint density at radius 2 is 1.19 bits per heavy atom. The molecule has 0 unspecified atom stereocenters. The summed E-state index contributed by atoms with van der Waals surface area (Å²) >= 11 is 0. The number of allylic oxidation sites excluding steroid dienone is 1. The first-order valence-electron chi connectivity index (χ1n) is 13.0. The van der Waals surface area contributed by atoms with Crippen LogP contribution in [0.3, 0.4) is 0 Å². The van der Waals surface area contributed by atoms with Gasteiger partial charge in [-0.25, -0.2) is 14.4 Å². The molecule has 2 aliphatic heterocycles. The lowest BCUT2D eigenvalue weighted by molar-refractivity contribution is -0.176. The molecule has 220 valence electrons. The average molecular weight is 592 g/mol. The molecule has 0 bridgehead atoms. The van der Waals surface area contributed by atoms with Gasteiger partial charge in [0, 0.05) is 12.3 Å². The van der Waals surface area contributed by atoms with Gasteiger partial charge in [0.05, 0.1) is 16.7 Å². The van der Waals surface area contributed by atoms with E-state index in [1.54, 1.807) is 54.6 Å². The molecule has 5 rings (SSSR count). The number of halogens is 2. The van der Waals surface area contributed by atoms with Crippen molar-refractivity contribution in [2.45, 2.75) is 30.5 Å². The smallest absolute Gasteiger partial charge is 0.386 e. The molecule has 0 aliphatic carbocycles. The first-order chi connectivity index (χ1) is 20.7. The second-order valence-corrected chi connectivity index (χ2v) is 9.47. The summed E-state index contributed by atoms with van der Waals surface area (Å²) < 4.78 is 51.6. The molecule has 1 amide bonds. The van der Waals surface area contributed by atoms with Gasteiger partial charge in [-0.3, -0.25) is 14.5 Å². The van der Waals surface area contributed by atoms with Gasteiger partial charge in [-0.05, 0) is 36.4 Å². The molecule has 3 aromatic carbocycles. The Labute approximate surface area is 243 Å². The molecule has 0 radical (unpaired) electrons. The minimum absolute atomic E-state index is 0.0642. The van der Waals surface area contributed by atoms with E-state index in [2.05, 4.69) is 0 Å². The number of esters is 3. The van der Waals surface area contributed by atoms with E-state index < -0.39 is 66.7 Å². The minimum atomic E-state index is -4.43. The molecule has 3 aromatic rings. The Kier molecular flexibility index (Phi) is 8.39. The van der Waals surface area contributed by atoms with E-state index in [1.165, 1.54) is 36.4 Å². The number of hydrogen-bond donors (Lipinski definition) is 0. The maximum absolute atomic E-state index is 14.5. The van der Waals surface area contributed by atoms with Gasteiger partial charge in [0.1, 0.15) is 12.7 Å². The Morgan fingerprint density at radius 3 is 1.70 bits per heavy atom. The number of carbonyl (C=O) groups excluding carboxylic acids is 5. The number of hydrogen-bond acceptors (Lipinski definition) is 9. The standard InChI is InChI=1S/C31H23F2NO9/c32-31(33)23(35)16-17-34(30(31)39)26-25(43-29(38)21-14-8-3-9-15-21)24(42-28(37)20-12-6-2-7-13-20)22(41-26)18-40-27(36)19-10-4-1-5-11-19/h1-17,22,24-26H,18H2/t22-,24-,25-,26-/m1/s1. The highest BCUT2D eigenvalue weighted by Crippen LogP contribution is 2.35. The summed E-state index contributed by atoms with van der Waals surface area (Å²) in [5.74, 6) is -10.7. The van der Waals surface area contributed by atoms with Crippen LogP contribution in [0.25, 0.3) is 0 Å². The van der Waals surface area contributed by atoms with Crippen LogP contribution in [0.1, 0.15) is 31.1 Å². The number of amides is 1. The summed E-state index contributed by atoms with van der Waals surface area (Å²) in [6.45, 7) is -0.586. The molecule has 2 aliphatic rings. The van der Waals surface area contributed by atoms with Gasteiger partial charge in [-0.15, -0.1) is 0 Å². The minimum Gasteiger partial charge on any atom is -0.459 e. The Bertz CT molecular complexity index is 1550. The molecular formula is C31H23F2NO9. The molecule has 10 nitrogen and oxygen atoms in total. The van der Waals surface area contributed by atoms with Crippen LogP contribution in [0, 0.1) is 0 Å². The lowest BCUT2D eigenvalue weighted by Gasteiger charge is -2.33. The normalized spacial score (nSPS) is 22.6. The topological polar surface area (TPSA) is 126 Å². The second-order valence-electron chi connectivity index (χ2n) is 9.47. The zero-order valence-corrected chi connectivity index (χ0v) is 22.2. The van der Waals surface area contributed by atoms with Gasteiger partial charge in [0.25, 0.3) is 0 Å². The molecule has 43 heavy (non-hydrogen) atoms. The summed E-state index contributed by atoms with van der Waals surface area (Å²) in [4.78, 5) is 63.8. The van der Waals surface area contributed by atoms with Crippen molar-refractivity contribution in [3.63, 3.8) is 0 Å². The van der Waals surface area contributed by atoms with Crippen LogP contribution in [0.5, 0.6) is 0 Å². The van der Waals surface area contributed by atoms with E-state index in [4.69, 9.17) is 18.9 Å². The summed E-state index contributed by atoms with van der Waals surface area (Å²) in [6, 6.07) is 23.2. The van der Waals surface area contributed by atoms with Gasteiger partial charge in [-0.2, -0.15) is 8.78 Å². The van der Waals surface area contributed by atoms with E-state index in [-0.39, 0.29) is 16.7 Å². The van der Waals surface area contributed by atoms with Crippen molar-refractivity contribution in [2.24, 2.45) is 0 Å². The molecule has 12 heteroatoms. The molecule has 1 saturated heterocycles. The number of ketones is 1. The summed E-state index contributed by atoms with van der Waals surface area (Å²) in [6.07, 6.45) is -5.20. The maximum Gasteiger partial charge on any atom is 0.386 e. The van der Waals surface area contributed by atoms with E-state index in [9.17, 15) is 32.8 Å². The molecule has 0 aromatic heterocycles. The Morgan fingerprint density at radius 1 is 0.721 bits per heavy atom. The van der Waals surface area contributed by atoms with Crippen molar-refractivity contribution in [3.8, 4) is 0 Å². The van der Waals surface area contributed by atoms with Crippen molar-refractivity contribution in [1.29, 1.82) is 0 Å². The quantitative estimate of drug-likeness (QED) is 0.220. The van der Waals surface area contributed by atoms with Crippen LogP contribution in [0.2, 0.25) is 0 Å². The fraction of sp³-hybridized carbons (Fsp3) is 0.194. The van der Waals surface area contributed by atoms with E-state index >= 15 is 0 Å².